The predicted molar refractivity (Wildman–Crippen MR) is 96.4 cm³/mol. The minimum atomic E-state index is -1.06. The van der Waals surface area contributed by atoms with Gasteiger partial charge in [0.15, 0.2) is 11.5 Å². The normalized spacial score (nSPS) is 10.8. The highest BCUT2D eigenvalue weighted by Crippen LogP contribution is 2.30. The Morgan fingerprint density at radius 3 is 2.41 bits per heavy atom. The van der Waals surface area contributed by atoms with Crippen LogP contribution >= 0.6 is 0 Å². The van der Waals surface area contributed by atoms with E-state index in [1.165, 1.54) is 7.11 Å². The van der Waals surface area contributed by atoms with E-state index in [4.69, 9.17) is 4.74 Å². The summed E-state index contributed by atoms with van der Waals surface area (Å²) in [6, 6.07) is 8.98. The first-order valence-corrected chi connectivity index (χ1v) is 8.12. The Hall–Kier alpha value is -3.36. The minimum absolute atomic E-state index is 0.0763. The van der Waals surface area contributed by atoms with E-state index < -0.39 is 23.3 Å². The molecule has 0 unspecified atom stereocenters. The van der Waals surface area contributed by atoms with Crippen LogP contribution in [0.2, 0.25) is 0 Å². The molecule has 0 fully saturated rings. The van der Waals surface area contributed by atoms with Crippen LogP contribution in [0.4, 0.5) is 4.79 Å². The zero-order valence-electron chi connectivity index (χ0n) is 15.6. The quantitative estimate of drug-likeness (QED) is 0.658. The molecule has 2 rings (SSSR count). The van der Waals surface area contributed by atoms with E-state index in [9.17, 15) is 14.7 Å². The maximum atomic E-state index is 12.3. The summed E-state index contributed by atoms with van der Waals surface area (Å²) in [5.41, 5.74) is -0.468. The third-order valence-electron chi connectivity index (χ3n) is 3.71. The van der Waals surface area contributed by atoms with Crippen LogP contribution in [0.1, 0.15) is 35.7 Å². The summed E-state index contributed by atoms with van der Waals surface area (Å²) in [6.07, 6.45) is 0. The summed E-state index contributed by atoms with van der Waals surface area (Å²) in [4.78, 5) is 32.2. The average Bonchev–Trinajstić information content (AvgIpc) is 2.66. The van der Waals surface area contributed by atoms with Gasteiger partial charge in [-0.2, -0.15) is 4.98 Å². The molecule has 0 spiro atoms. The van der Waals surface area contributed by atoms with Crippen LogP contribution in [0.25, 0.3) is 0 Å². The van der Waals surface area contributed by atoms with Gasteiger partial charge in [0.2, 0.25) is 5.75 Å². The number of ether oxygens (including phenoxy) is 2. The predicted octanol–water partition coefficient (Wildman–Crippen LogP) is 1.71. The first-order chi connectivity index (χ1) is 12.8. The second-order valence-corrected chi connectivity index (χ2v) is 6.16. The molecule has 0 aliphatic rings. The number of amides is 2. The number of hydrogen-bond donors (Lipinski definition) is 3. The number of aromatic hydroxyl groups is 1. The number of nitrogens with zero attached hydrogens (tertiary/aromatic N) is 2. The second-order valence-electron chi connectivity index (χ2n) is 6.16. The number of esters is 1. The van der Waals surface area contributed by atoms with Crippen molar-refractivity contribution >= 4 is 12.0 Å². The van der Waals surface area contributed by atoms with Gasteiger partial charge in [0.25, 0.3) is 5.88 Å². The van der Waals surface area contributed by atoms with Crippen molar-refractivity contribution in [1.82, 2.24) is 20.6 Å². The molecule has 1 aromatic heterocycles. The molecule has 2 aromatic rings. The molecule has 144 valence electrons. The van der Waals surface area contributed by atoms with E-state index in [1.807, 2.05) is 30.3 Å². The number of urea groups is 1. The Labute approximate surface area is 156 Å². The highest BCUT2D eigenvalue weighted by Gasteiger charge is 2.31. The molecule has 2 amide bonds. The van der Waals surface area contributed by atoms with Crippen molar-refractivity contribution in [3.05, 3.63) is 47.4 Å². The maximum Gasteiger partial charge on any atom is 0.360 e. The van der Waals surface area contributed by atoms with Crippen LogP contribution in [-0.4, -0.2) is 41.3 Å². The zero-order chi connectivity index (χ0) is 20.0. The topological polar surface area (TPSA) is 123 Å². The van der Waals surface area contributed by atoms with Gasteiger partial charge in [0.1, 0.15) is 0 Å². The molecule has 0 aliphatic carbocycles. The summed E-state index contributed by atoms with van der Waals surface area (Å²) in [5.74, 6) is -1.50. The van der Waals surface area contributed by atoms with Crippen LogP contribution in [-0.2, 0) is 16.8 Å². The first-order valence-electron chi connectivity index (χ1n) is 8.12. The number of benzene rings is 1. The van der Waals surface area contributed by atoms with E-state index in [2.05, 4.69) is 25.3 Å². The molecule has 0 atom stereocenters. The lowest BCUT2D eigenvalue weighted by Gasteiger charge is -2.25. The fraction of sp³-hybridized carbons (Fsp3) is 0.333. The smallest absolute Gasteiger partial charge is 0.360 e. The Morgan fingerprint density at radius 1 is 1.15 bits per heavy atom. The molecule has 0 aliphatic heterocycles. The van der Waals surface area contributed by atoms with Gasteiger partial charge in [-0.25, -0.2) is 14.6 Å². The van der Waals surface area contributed by atoms with Gasteiger partial charge in [-0.05, 0) is 19.4 Å². The number of hydrogen-bond acceptors (Lipinski definition) is 7. The van der Waals surface area contributed by atoms with Crippen molar-refractivity contribution in [2.45, 2.75) is 25.9 Å². The monoisotopic (exact) mass is 374 g/mol. The molecule has 9 heteroatoms. The van der Waals surface area contributed by atoms with Crippen molar-refractivity contribution in [3.8, 4) is 11.6 Å². The molecule has 0 bridgehead atoms. The van der Waals surface area contributed by atoms with Gasteiger partial charge in [0.05, 0.1) is 19.8 Å². The second kappa shape index (κ2) is 8.35. The Balaban J connectivity index is 2.19. The van der Waals surface area contributed by atoms with Crippen molar-refractivity contribution < 1.29 is 24.2 Å². The first kappa shape index (κ1) is 20.0. The van der Waals surface area contributed by atoms with Crippen LogP contribution in [0.5, 0.6) is 11.6 Å². The molecule has 9 nitrogen and oxygen atoms in total. The van der Waals surface area contributed by atoms with Crippen molar-refractivity contribution in [3.63, 3.8) is 0 Å². The van der Waals surface area contributed by atoms with Crippen molar-refractivity contribution in [1.29, 1.82) is 0 Å². The number of carbonyl (C=O) groups excluding carboxylic acids is 2. The van der Waals surface area contributed by atoms with Crippen LogP contribution in [0, 0.1) is 0 Å². The molecular weight excluding hydrogens is 352 g/mol. The van der Waals surface area contributed by atoms with Crippen LogP contribution in [0.3, 0.4) is 0 Å². The standard InChI is InChI=1S/C18H22N4O5/c1-18(2,22-17(25)19-10-11-8-6-5-7-9-11)16-20-12(15(24)27-4)13(23)14(21-16)26-3/h5-9,23H,10H2,1-4H3,(H2,19,22,25). The molecule has 1 aromatic carbocycles. The molecule has 1 heterocycles. The summed E-state index contributed by atoms with van der Waals surface area (Å²) < 4.78 is 9.60. The third-order valence-corrected chi connectivity index (χ3v) is 3.71. The molecule has 27 heavy (non-hydrogen) atoms. The number of methoxy groups -OCH3 is 2. The van der Waals surface area contributed by atoms with Crippen molar-refractivity contribution in [2.75, 3.05) is 14.2 Å². The SMILES string of the molecule is COC(=O)c1nc(C(C)(C)NC(=O)NCc2ccccc2)nc(OC)c1O. The highest BCUT2D eigenvalue weighted by atomic mass is 16.5. The van der Waals surface area contributed by atoms with Crippen molar-refractivity contribution in [2.24, 2.45) is 0 Å². The summed E-state index contributed by atoms with van der Waals surface area (Å²) in [7, 11) is 2.45. The van der Waals surface area contributed by atoms with Crippen LogP contribution < -0.4 is 15.4 Å². The van der Waals surface area contributed by atoms with E-state index in [0.717, 1.165) is 12.7 Å². The van der Waals surface area contributed by atoms with Gasteiger partial charge < -0.3 is 25.2 Å². The summed E-state index contributed by atoms with van der Waals surface area (Å²) in [5, 5.41) is 15.5. The van der Waals surface area contributed by atoms with Gasteiger partial charge in [0, 0.05) is 6.54 Å². The van der Waals surface area contributed by atoms with E-state index in [0.29, 0.717) is 6.54 Å². The molecule has 0 saturated carbocycles. The highest BCUT2D eigenvalue weighted by molar-refractivity contribution is 5.90. The zero-order valence-corrected chi connectivity index (χ0v) is 15.6. The summed E-state index contributed by atoms with van der Waals surface area (Å²) in [6.45, 7) is 3.65. The van der Waals surface area contributed by atoms with Gasteiger partial charge >= 0.3 is 12.0 Å². The Morgan fingerprint density at radius 2 is 1.81 bits per heavy atom. The third kappa shape index (κ3) is 4.84. The largest absolute Gasteiger partial charge is 0.501 e. The van der Waals surface area contributed by atoms with Gasteiger partial charge in [-0.15, -0.1) is 0 Å². The fourth-order valence-electron chi connectivity index (χ4n) is 2.26. The van der Waals surface area contributed by atoms with Gasteiger partial charge in [-0.3, -0.25) is 0 Å². The number of nitrogens with one attached hydrogen (secondary N) is 2. The lowest BCUT2D eigenvalue weighted by atomic mass is 10.0. The number of rotatable bonds is 6. The lowest BCUT2D eigenvalue weighted by Crippen LogP contribution is -2.47. The van der Waals surface area contributed by atoms with E-state index in [-0.39, 0.29) is 17.4 Å². The molecule has 0 radical (unpaired) electrons. The maximum absolute atomic E-state index is 12.3. The summed E-state index contributed by atoms with van der Waals surface area (Å²) >= 11 is 0. The van der Waals surface area contributed by atoms with Gasteiger partial charge in [-0.1, -0.05) is 30.3 Å². The average molecular weight is 374 g/mol. The number of aromatic nitrogens is 2. The molecule has 3 N–H and O–H groups in total. The Bertz CT molecular complexity index is 824. The minimum Gasteiger partial charge on any atom is -0.501 e. The lowest BCUT2D eigenvalue weighted by molar-refractivity contribution is 0.0588. The fourth-order valence-corrected chi connectivity index (χ4v) is 2.26. The van der Waals surface area contributed by atoms with E-state index in [1.54, 1.807) is 13.8 Å². The van der Waals surface area contributed by atoms with E-state index >= 15 is 0 Å². The Kier molecular flexibility index (Phi) is 6.17. The molecular formula is C18H22N4O5. The number of carbonyl (C=O) groups is 2. The molecule has 0 saturated heterocycles. The van der Waals surface area contributed by atoms with Crippen LogP contribution in [0.15, 0.2) is 30.3 Å².